The lowest BCUT2D eigenvalue weighted by Crippen LogP contribution is -2.39. The van der Waals surface area contributed by atoms with Crippen LogP contribution in [0.5, 0.6) is 23.0 Å². The van der Waals surface area contributed by atoms with Crippen LogP contribution in [0.2, 0.25) is 10.0 Å². The molecule has 0 bridgehead atoms. The fourth-order valence-corrected chi connectivity index (χ4v) is 6.22. The first-order valence-electron chi connectivity index (χ1n) is 14.6. The molecule has 0 radical (unpaired) electrons. The molecule has 1 aliphatic heterocycles. The molecule has 0 N–H and O–H groups in total. The van der Waals surface area contributed by atoms with E-state index >= 15 is 0 Å². The number of hydrogen-bond acceptors (Lipinski definition) is 9. The molecular formula is C34H32Cl2N2O7S. The quantitative estimate of drug-likeness (QED) is 0.167. The molecule has 1 aliphatic rings. The van der Waals surface area contributed by atoms with Crippen LogP contribution in [-0.4, -0.2) is 37.5 Å². The maximum Gasteiger partial charge on any atom is 0.337 e. The molecule has 240 valence electrons. The Hall–Kier alpha value is -4.25. The van der Waals surface area contributed by atoms with E-state index in [-0.39, 0.29) is 17.7 Å². The van der Waals surface area contributed by atoms with Crippen molar-refractivity contribution in [3.63, 3.8) is 0 Å². The summed E-state index contributed by atoms with van der Waals surface area (Å²) in [5.41, 5.74) is 2.12. The van der Waals surface area contributed by atoms with Gasteiger partial charge in [-0.2, -0.15) is 0 Å². The number of methoxy groups -OCH3 is 1. The number of aromatic nitrogens is 1. The molecule has 2 heterocycles. The largest absolute Gasteiger partial charge is 0.490 e. The van der Waals surface area contributed by atoms with Gasteiger partial charge in [-0.05, 0) is 79.9 Å². The summed E-state index contributed by atoms with van der Waals surface area (Å²) in [5.74, 6) is 1.55. The minimum absolute atomic E-state index is 0.218. The molecule has 0 spiro atoms. The molecule has 0 saturated carbocycles. The standard InChI is InChI=1S/C34H32Cl2N2O7S/c1-5-42-26-13-10-22(17-29(26)44-7-3)31-23(33(40)41-4)18-37-34-38(31)32(39)30(46-34)16-20-9-12-27(28(15-20)43-6-2)45-19-21-8-11-24(35)25(36)14-21/h8-18,31H,5-7,19H2,1-4H3/b30-16-/t31-/m0/s1. The number of carbonyl (C=O) groups is 1. The van der Waals surface area contributed by atoms with Gasteiger partial charge in [0.15, 0.2) is 27.8 Å². The minimum Gasteiger partial charge on any atom is -0.490 e. The third-order valence-electron chi connectivity index (χ3n) is 6.95. The van der Waals surface area contributed by atoms with E-state index in [1.165, 1.54) is 29.2 Å². The molecular weight excluding hydrogens is 651 g/mol. The van der Waals surface area contributed by atoms with Crippen molar-refractivity contribution in [3.05, 3.63) is 113 Å². The molecule has 0 fully saturated rings. The number of halogens is 2. The van der Waals surface area contributed by atoms with Gasteiger partial charge in [-0.15, -0.1) is 0 Å². The summed E-state index contributed by atoms with van der Waals surface area (Å²) in [4.78, 5) is 31.8. The fourth-order valence-electron chi connectivity index (χ4n) is 4.93. The fraction of sp³-hybridized carbons (Fsp3) is 0.265. The zero-order valence-corrected chi connectivity index (χ0v) is 28.0. The first-order chi connectivity index (χ1) is 22.3. The Balaban J connectivity index is 1.53. The average Bonchev–Trinajstić information content (AvgIpc) is 3.37. The van der Waals surface area contributed by atoms with Crippen LogP contribution in [0.3, 0.4) is 0 Å². The molecule has 9 nitrogen and oxygen atoms in total. The summed E-state index contributed by atoms with van der Waals surface area (Å²) in [6.07, 6.45) is 3.22. The van der Waals surface area contributed by atoms with E-state index in [0.717, 1.165) is 11.1 Å². The second kappa shape index (κ2) is 14.9. The van der Waals surface area contributed by atoms with Crippen molar-refractivity contribution >= 4 is 46.6 Å². The molecule has 1 atom stereocenters. The molecule has 1 aromatic heterocycles. The third-order valence-corrected chi connectivity index (χ3v) is 8.69. The summed E-state index contributed by atoms with van der Waals surface area (Å²) >= 11 is 13.4. The van der Waals surface area contributed by atoms with E-state index in [0.29, 0.717) is 67.8 Å². The molecule has 0 aliphatic carbocycles. The zero-order chi connectivity index (χ0) is 32.8. The van der Waals surface area contributed by atoms with Gasteiger partial charge >= 0.3 is 5.97 Å². The van der Waals surface area contributed by atoms with Crippen molar-refractivity contribution in [2.75, 3.05) is 26.9 Å². The Labute approximate surface area is 279 Å². The number of nitrogens with zero attached hydrogens (tertiary/aromatic N) is 2. The zero-order valence-electron chi connectivity index (χ0n) is 25.7. The highest BCUT2D eigenvalue weighted by atomic mass is 35.5. The maximum absolute atomic E-state index is 14.0. The Morgan fingerprint density at radius 2 is 1.54 bits per heavy atom. The predicted octanol–water partition coefficient (Wildman–Crippen LogP) is 6.10. The van der Waals surface area contributed by atoms with Crippen LogP contribution >= 0.6 is 34.5 Å². The monoisotopic (exact) mass is 682 g/mol. The van der Waals surface area contributed by atoms with Crippen LogP contribution in [0.1, 0.15) is 43.5 Å². The Morgan fingerprint density at radius 1 is 0.870 bits per heavy atom. The normalized spacial score (nSPS) is 14.2. The van der Waals surface area contributed by atoms with E-state index in [1.54, 1.807) is 36.4 Å². The summed E-state index contributed by atoms with van der Waals surface area (Å²) in [5, 5.41) is 0.917. The van der Waals surface area contributed by atoms with Crippen molar-refractivity contribution < 1.29 is 28.5 Å². The Bertz CT molecular complexity index is 1970. The number of hydrogen-bond donors (Lipinski definition) is 0. The van der Waals surface area contributed by atoms with Crippen molar-refractivity contribution in [2.24, 2.45) is 4.99 Å². The second-order valence-electron chi connectivity index (χ2n) is 9.92. The SMILES string of the molecule is CCOc1ccc([C@H]2C(C(=O)OC)=CN=c3s/c(=C\c4ccc(OCc5ccc(Cl)c(Cl)c5)c(OCC)c4)c(=O)n32)cc1OCC. The highest BCUT2D eigenvalue weighted by Crippen LogP contribution is 2.35. The van der Waals surface area contributed by atoms with Gasteiger partial charge in [-0.3, -0.25) is 9.36 Å². The summed E-state index contributed by atoms with van der Waals surface area (Å²) < 4.78 is 30.5. The van der Waals surface area contributed by atoms with Crippen LogP contribution in [-0.2, 0) is 16.1 Å². The molecule has 3 aromatic carbocycles. The van der Waals surface area contributed by atoms with E-state index in [2.05, 4.69) is 4.99 Å². The lowest BCUT2D eigenvalue weighted by molar-refractivity contribution is -0.136. The van der Waals surface area contributed by atoms with E-state index in [9.17, 15) is 9.59 Å². The van der Waals surface area contributed by atoms with Crippen LogP contribution in [0, 0.1) is 0 Å². The van der Waals surface area contributed by atoms with Crippen molar-refractivity contribution in [3.8, 4) is 23.0 Å². The van der Waals surface area contributed by atoms with Gasteiger partial charge in [0.25, 0.3) is 5.56 Å². The summed E-state index contributed by atoms with van der Waals surface area (Å²) in [7, 11) is 1.29. The first kappa shape index (κ1) is 33.1. The lowest BCUT2D eigenvalue weighted by Gasteiger charge is -2.23. The van der Waals surface area contributed by atoms with E-state index in [4.69, 9.17) is 46.9 Å². The molecule has 0 saturated heterocycles. The average molecular weight is 684 g/mol. The first-order valence-corrected chi connectivity index (χ1v) is 16.2. The molecule has 4 aromatic rings. The van der Waals surface area contributed by atoms with Crippen LogP contribution < -0.4 is 33.8 Å². The number of esters is 1. The Morgan fingerprint density at radius 3 is 2.24 bits per heavy atom. The van der Waals surface area contributed by atoms with Gasteiger partial charge < -0.3 is 23.7 Å². The van der Waals surface area contributed by atoms with Crippen LogP contribution in [0.15, 0.2) is 76.2 Å². The number of thiazole rings is 1. The number of rotatable bonds is 12. The summed E-state index contributed by atoms with van der Waals surface area (Å²) in [6, 6.07) is 15.3. The lowest BCUT2D eigenvalue weighted by atomic mass is 9.97. The van der Waals surface area contributed by atoms with Gasteiger partial charge in [-0.1, -0.05) is 52.7 Å². The minimum atomic E-state index is -0.795. The smallest absolute Gasteiger partial charge is 0.337 e. The molecule has 0 amide bonds. The number of ether oxygens (including phenoxy) is 5. The molecule has 0 unspecified atom stereocenters. The van der Waals surface area contributed by atoms with Crippen molar-refractivity contribution in [1.82, 2.24) is 4.57 Å². The maximum atomic E-state index is 14.0. The van der Waals surface area contributed by atoms with Gasteiger partial charge in [0.1, 0.15) is 6.61 Å². The third kappa shape index (κ3) is 7.09. The molecule has 12 heteroatoms. The van der Waals surface area contributed by atoms with E-state index < -0.39 is 12.0 Å². The van der Waals surface area contributed by atoms with Crippen LogP contribution in [0.4, 0.5) is 0 Å². The van der Waals surface area contributed by atoms with Gasteiger partial charge in [-0.25, -0.2) is 9.79 Å². The van der Waals surface area contributed by atoms with Crippen molar-refractivity contribution in [1.29, 1.82) is 0 Å². The Kier molecular flexibility index (Phi) is 10.7. The second-order valence-corrected chi connectivity index (χ2v) is 11.7. The number of benzene rings is 3. The van der Waals surface area contributed by atoms with Gasteiger partial charge in [0.05, 0.1) is 53.1 Å². The van der Waals surface area contributed by atoms with E-state index in [1.807, 2.05) is 45.0 Å². The van der Waals surface area contributed by atoms with Gasteiger partial charge in [0, 0.05) is 6.20 Å². The topological polar surface area (TPSA) is 97.6 Å². The van der Waals surface area contributed by atoms with Crippen molar-refractivity contribution in [2.45, 2.75) is 33.4 Å². The molecule has 5 rings (SSSR count). The predicted molar refractivity (Wildman–Crippen MR) is 178 cm³/mol. The highest BCUT2D eigenvalue weighted by molar-refractivity contribution is 7.07. The molecule has 46 heavy (non-hydrogen) atoms. The summed E-state index contributed by atoms with van der Waals surface area (Å²) in [6.45, 7) is 7.17. The van der Waals surface area contributed by atoms with Gasteiger partial charge in [0.2, 0.25) is 0 Å². The number of fused-ring (bicyclic) bond motifs is 1. The highest BCUT2D eigenvalue weighted by Gasteiger charge is 2.31. The number of carbonyl (C=O) groups excluding carboxylic acids is 1. The van der Waals surface area contributed by atoms with Crippen LogP contribution in [0.25, 0.3) is 6.08 Å².